The zero-order valence-electron chi connectivity index (χ0n) is 17.2. The number of rotatable bonds is 2. The van der Waals surface area contributed by atoms with Crippen LogP contribution in [-0.2, 0) is 22.6 Å². The number of aromatic amines is 1. The fraction of sp³-hybridized carbons (Fsp3) is 0.429. The number of carbonyl (C=O) groups excluding carboxylic acids is 1. The Morgan fingerprint density at radius 1 is 1.29 bits per heavy atom. The summed E-state index contributed by atoms with van der Waals surface area (Å²) in [4.78, 5) is 38.1. The number of aliphatic hydroxyl groups excluding tert-OH is 1. The third-order valence-corrected chi connectivity index (χ3v) is 6.81. The number of nitrogens with one attached hydrogen (secondary N) is 1. The number of para-hydroxylation sites is 1. The largest absolute Gasteiger partial charge is 0.483 e. The molecule has 9 nitrogen and oxygen atoms in total. The molecule has 2 aliphatic rings. The molecule has 0 saturated carbocycles. The van der Waals surface area contributed by atoms with Gasteiger partial charge in [0.2, 0.25) is 5.91 Å². The number of anilines is 1. The van der Waals surface area contributed by atoms with Crippen LogP contribution >= 0.6 is 11.3 Å². The zero-order valence-corrected chi connectivity index (χ0v) is 18.0. The molecular weight excluding hydrogens is 418 g/mol. The number of benzene rings is 1. The predicted octanol–water partition coefficient (Wildman–Crippen LogP) is 1.80. The Hall–Kier alpha value is -2.98. The van der Waals surface area contributed by atoms with Crippen molar-refractivity contribution in [3.8, 4) is 0 Å². The van der Waals surface area contributed by atoms with E-state index in [4.69, 9.17) is 14.9 Å². The average Bonchev–Trinajstić information content (AvgIpc) is 3.36. The Labute approximate surface area is 183 Å². The number of aryl methyl sites for hydroxylation is 1. The molecule has 2 aliphatic heterocycles. The van der Waals surface area contributed by atoms with Crippen molar-refractivity contribution in [3.05, 3.63) is 41.5 Å². The zero-order chi connectivity index (χ0) is 22.0. The van der Waals surface area contributed by atoms with Crippen LogP contribution in [-0.4, -0.2) is 68.2 Å². The van der Waals surface area contributed by atoms with Gasteiger partial charge < -0.3 is 25.0 Å². The van der Waals surface area contributed by atoms with E-state index < -0.39 is 12.0 Å². The van der Waals surface area contributed by atoms with Gasteiger partial charge in [0, 0.05) is 26.1 Å². The normalized spacial score (nSPS) is 20.7. The van der Waals surface area contributed by atoms with Crippen LogP contribution < -0.4 is 4.90 Å². The number of thiazole rings is 1. The second-order valence-electron chi connectivity index (χ2n) is 7.74. The minimum Gasteiger partial charge on any atom is -0.483 e. The van der Waals surface area contributed by atoms with Crippen molar-refractivity contribution in [2.75, 3.05) is 24.5 Å². The monoisotopic (exact) mass is 443 g/mol. The number of piperidine rings is 1. The molecule has 3 N–H and O–H groups in total. The molecule has 0 unspecified atom stereocenters. The maximum atomic E-state index is 13.2. The first-order valence-corrected chi connectivity index (χ1v) is 11.0. The molecule has 1 aromatic carbocycles. The van der Waals surface area contributed by atoms with Gasteiger partial charge in [-0.3, -0.25) is 9.59 Å². The van der Waals surface area contributed by atoms with Crippen molar-refractivity contribution in [3.63, 3.8) is 0 Å². The number of fused-ring (bicyclic) bond motifs is 2. The van der Waals surface area contributed by atoms with Gasteiger partial charge in [-0.25, -0.2) is 9.97 Å². The Morgan fingerprint density at radius 2 is 2.06 bits per heavy atom. The Kier molecular flexibility index (Phi) is 6.19. The minimum absolute atomic E-state index is 0.0243. The van der Waals surface area contributed by atoms with Gasteiger partial charge in [0.05, 0.1) is 40.2 Å². The second-order valence-corrected chi connectivity index (χ2v) is 8.74. The summed E-state index contributed by atoms with van der Waals surface area (Å²) in [6.45, 7) is 4.10. The van der Waals surface area contributed by atoms with E-state index in [0.717, 1.165) is 39.0 Å². The number of carboxylic acid groups (broad SMARTS) is 1. The summed E-state index contributed by atoms with van der Waals surface area (Å²) in [7, 11) is 0. The summed E-state index contributed by atoms with van der Waals surface area (Å²) >= 11 is 1.64. The maximum Gasteiger partial charge on any atom is 0.290 e. The summed E-state index contributed by atoms with van der Waals surface area (Å²) < 4.78 is 1.14. The van der Waals surface area contributed by atoms with Crippen molar-refractivity contribution in [2.24, 2.45) is 5.92 Å². The maximum absolute atomic E-state index is 13.2. The molecule has 1 amide bonds. The van der Waals surface area contributed by atoms with Gasteiger partial charge in [-0.2, -0.15) is 0 Å². The van der Waals surface area contributed by atoms with Crippen LogP contribution in [0.4, 0.5) is 5.13 Å². The molecule has 0 bridgehead atoms. The van der Waals surface area contributed by atoms with Crippen LogP contribution in [0.1, 0.15) is 23.6 Å². The molecule has 164 valence electrons. The van der Waals surface area contributed by atoms with Gasteiger partial charge in [-0.05, 0) is 25.5 Å². The number of hydrogen-bond donors (Lipinski definition) is 3. The van der Waals surface area contributed by atoms with Crippen molar-refractivity contribution in [2.45, 2.75) is 32.4 Å². The smallest absolute Gasteiger partial charge is 0.290 e. The number of imidazole rings is 1. The molecule has 10 heteroatoms. The number of H-pyrrole nitrogens is 1. The first kappa shape index (κ1) is 21.3. The van der Waals surface area contributed by atoms with Crippen LogP contribution in [0.3, 0.4) is 0 Å². The van der Waals surface area contributed by atoms with Gasteiger partial charge in [0.1, 0.15) is 5.82 Å². The fourth-order valence-corrected chi connectivity index (χ4v) is 5.21. The second kappa shape index (κ2) is 9.03. The van der Waals surface area contributed by atoms with Crippen molar-refractivity contribution in [1.29, 1.82) is 0 Å². The lowest BCUT2D eigenvalue weighted by Gasteiger charge is -2.38. The first-order valence-electron chi connectivity index (χ1n) is 10.2. The van der Waals surface area contributed by atoms with Crippen molar-refractivity contribution in [1.82, 2.24) is 19.9 Å². The lowest BCUT2D eigenvalue weighted by molar-refractivity contribution is -0.140. The molecule has 5 rings (SSSR count). The SMILES string of the molecule is Cc1nc2c([nH]1)CN(C(=O)[C@H]1CN(c3nc4ccccc4s3)CC[C@H]1O)CC2.O=CO. The van der Waals surface area contributed by atoms with Gasteiger partial charge in [0.15, 0.2) is 5.13 Å². The third-order valence-electron chi connectivity index (χ3n) is 5.71. The van der Waals surface area contributed by atoms with Gasteiger partial charge >= 0.3 is 0 Å². The molecular formula is C21H25N5O4S. The van der Waals surface area contributed by atoms with Crippen LogP contribution in [0.5, 0.6) is 0 Å². The van der Waals surface area contributed by atoms with E-state index in [1.54, 1.807) is 11.3 Å². The van der Waals surface area contributed by atoms with Crippen LogP contribution in [0.15, 0.2) is 24.3 Å². The number of nitrogens with zero attached hydrogens (tertiary/aromatic N) is 4. The summed E-state index contributed by atoms with van der Waals surface area (Å²) in [5.74, 6) is 0.488. The van der Waals surface area contributed by atoms with E-state index in [9.17, 15) is 9.90 Å². The average molecular weight is 444 g/mol. The van der Waals surface area contributed by atoms with Gasteiger partial charge in [-0.15, -0.1) is 0 Å². The van der Waals surface area contributed by atoms with Crippen LogP contribution in [0.2, 0.25) is 0 Å². The Morgan fingerprint density at radius 3 is 2.84 bits per heavy atom. The summed E-state index contributed by atoms with van der Waals surface area (Å²) in [6.07, 6.45) is 0.729. The summed E-state index contributed by atoms with van der Waals surface area (Å²) in [5, 5.41) is 18.4. The summed E-state index contributed by atoms with van der Waals surface area (Å²) in [6, 6.07) is 8.07. The molecule has 1 fully saturated rings. The van der Waals surface area contributed by atoms with Gasteiger partial charge in [-0.1, -0.05) is 23.5 Å². The molecule has 1 saturated heterocycles. The standard InChI is InChI=1S/C20H23N5O2S.CH2O2/c1-12-21-14-6-8-24(11-16(14)22-12)19(27)13-10-25(9-7-17(13)26)20-23-15-4-2-3-5-18(15)28-20;2-1-3/h2-5,13,17,26H,6-11H2,1H3,(H,21,22);1H,(H,2,3)/t13-,17+;/m0./s1. The van der Waals surface area contributed by atoms with Crippen LogP contribution in [0, 0.1) is 12.8 Å². The van der Waals surface area contributed by atoms with E-state index in [-0.39, 0.29) is 12.4 Å². The number of hydrogen-bond acceptors (Lipinski definition) is 7. The summed E-state index contributed by atoms with van der Waals surface area (Å²) in [5.41, 5.74) is 3.06. The molecule has 0 spiro atoms. The number of aliphatic hydroxyl groups is 1. The van der Waals surface area contributed by atoms with E-state index >= 15 is 0 Å². The first-order chi connectivity index (χ1) is 15.0. The van der Waals surface area contributed by atoms with Crippen molar-refractivity contribution < 1.29 is 19.8 Å². The highest BCUT2D eigenvalue weighted by Gasteiger charge is 2.37. The quantitative estimate of drug-likeness (QED) is 0.516. The molecule has 2 atom stereocenters. The Balaban J connectivity index is 0.000000730. The van der Waals surface area contributed by atoms with E-state index in [0.29, 0.717) is 32.6 Å². The highest BCUT2D eigenvalue weighted by atomic mass is 32.1. The lowest BCUT2D eigenvalue weighted by atomic mass is 9.93. The number of amides is 1. The molecule has 3 aromatic rings. The van der Waals surface area contributed by atoms with E-state index in [2.05, 4.69) is 20.9 Å². The third kappa shape index (κ3) is 4.40. The fourth-order valence-electron chi connectivity index (χ4n) is 4.21. The van der Waals surface area contributed by atoms with Crippen molar-refractivity contribution >= 4 is 39.1 Å². The van der Waals surface area contributed by atoms with Gasteiger partial charge in [0.25, 0.3) is 6.47 Å². The predicted molar refractivity (Wildman–Crippen MR) is 117 cm³/mol. The molecule has 2 aromatic heterocycles. The number of carbonyl (C=O) groups is 2. The van der Waals surface area contributed by atoms with E-state index in [1.807, 2.05) is 30.0 Å². The molecule has 4 heterocycles. The highest BCUT2D eigenvalue weighted by Crippen LogP contribution is 2.32. The number of aromatic nitrogens is 3. The molecule has 0 aliphatic carbocycles. The lowest BCUT2D eigenvalue weighted by Crippen LogP contribution is -2.52. The topological polar surface area (TPSA) is 123 Å². The molecule has 0 radical (unpaired) electrons. The van der Waals surface area contributed by atoms with Crippen LogP contribution in [0.25, 0.3) is 10.2 Å². The highest BCUT2D eigenvalue weighted by molar-refractivity contribution is 7.22. The Bertz CT molecular complexity index is 1050. The molecule has 31 heavy (non-hydrogen) atoms. The van der Waals surface area contributed by atoms with E-state index in [1.165, 1.54) is 0 Å². The minimum atomic E-state index is -0.608.